The number of carbonyl (C=O) groups excluding carboxylic acids is 1. The van der Waals surface area contributed by atoms with Gasteiger partial charge >= 0.3 is 0 Å². The Balaban J connectivity index is 1.62. The Morgan fingerprint density at radius 1 is 1.11 bits per heavy atom. The Bertz CT molecular complexity index is 1030. The molecule has 0 saturated heterocycles. The molecule has 0 spiro atoms. The molecule has 3 aromatic rings. The summed E-state index contributed by atoms with van der Waals surface area (Å²) >= 11 is 0. The number of aromatic nitrogens is 2. The van der Waals surface area contributed by atoms with Crippen molar-refractivity contribution in [2.24, 2.45) is 0 Å². The maximum Gasteiger partial charge on any atom is 0.251 e. The first-order valence-electron chi connectivity index (χ1n) is 8.81. The van der Waals surface area contributed by atoms with Crippen LogP contribution in [0, 0.1) is 0 Å². The molecule has 0 bridgehead atoms. The van der Waals surface area contributed by atoms with Crippen molar-refractivity contribution >= 4 is 21.6 Å². The first kappa shape index (κ1) is 19.6. The second-order valence-corrected chi connectivity index (χ2v) is 8.20. The van der Waals surface area contributed by atoms with Crippen LogP contribution in [0.5, 0.6) is 0 Å². The summed E-state index contributed by atoms with van der Waals surface area (Å²) in [7, 11) is -3.34. The number of sulfonamides is 1. The van der Waals surface area contributed by atoms with Gasteiger partial charge in [0.15, 0.2) is 0 Å². The summed E-state index contributed by atoms with van der Waals surface area (Å²) in [6.45, 7) is 2.49. The van der Waals surface area contributed by atoms with E-state index in [1.807, 2.05) is 35.0 Å². The van der Waals surface area contributed by atoms with E-state index < -0.39 is 10.0 Å². The SMILES string of the molecule is CCN(c1ccc(C(=O)NCc2ccc(-n3ccnc3)cc2)cc1)S(C)(=O)=O. The van der Waals surface area contributed by atoms with Gasteiger partial charge < -0.3 is 9.88 Å². The molecule has 1 heterocycles. The Morgan fingerprint density at radius 2 is 1.79 bits per heavy atom. The van der Waals surface area contributed by atoms with Crippen LogP contribution in [0.4, 0.5) is 5.69 Å². The molecule has 8 heteroatoms. The van der Waals surface area contributed by atoms with Crippen molar-refractivity contribution in [3.8, 4) is 5.69 Å². The Hall–Kier alpha value is -3.13. The van der Waals surface area contributed by atoms with Crippen molar-refractivity contribution in [3.05, 3.63) is 78.4 Å². The first-order valence-corrected chi connectivity index (χ1v) is 10.7. The van der Waals surface area contributed by atoms with Gasteiger partial charge in [-0.25, -0.2) is 13.4 Å². The molecule has 0 fully saturated rings. The quantitative estimate of drug-likeness (QED) is 0.663. The van der Waals surface area contributed by atoms with Crippen LogP contribution in [0.2, 0.25) is 0 Å². The number of hydrogen-bond donors (Lipinski definition) is 1. The van der Waals surface area contributed by atoms with Gasteiger partial charge in [0.25, 0.3) is 5.91 Å². The van der Waals surface area contributed by atoms with E-state index in [0.29, 0.717) is 24.3 Å². The van der Waals surface area contributed by atoms with E-state index in [-0.39, 0.29) is 5.91 Å². The van der Waals surface area contributed by atoms with Gasteiger partial charge in [-0.2, -0.15) is 0 Å². The maximum absolute atomic E-state index is 12.4. The zero-order valence-electron chi connectivity index (χ0n) is 15.7. The van der Waals surface area contributed by atoms with Crippen molar-refractivity contribution in [3.63, 3.8) is 0 Å². The number of anilines is 1. The highest BCUT2D eigenvalue weighted by Gasteiger charge is 2.15. The van der Waals surface area contributed by atoms with E-state index in [1.54, 1.807) is 43.7 Å². The molecule has 0 radical (unpaired) electrons. The molecule has 28 heavy (non-hydrogen) atoms. The lowest BCUT2D eigenvalue weighted by atomic mass is 10.1. The van der Waals surface area contributed by atoms with Crippen molar-refractivity contribution in [1.29, 1.82) is 0 Å². The summed E-state index contributed by atoms with van der Waals surface area (Å²) in [6.07, 6.45) is 6.47. The Kier molecular flexibility index (Phi) is 5.79. The molecule has 1 aromatic heterocycles. The summed E-state index contributed by atoms with van der Waals surface area (Å²) in [4.78, 5) is 16.4. The largest absolute Gasteiger partial charge is 0.348 e. The number of amides is 1. The highest BCUT2D eigenvalue weighted by atomic mass is 32.2. The summed E-state index contributed by atoms with van der Waals surface area (Å²) in [5, 5.41) is 2.87. The van der Waals surface area contributed by atoms with E-state index >= 15 is 0 Å². The van der Waals surface area contributed by atoms with Crippen LogP contribution in [0.25, 0.3) is 5.69 Å². The molecule has 146 valence electrons. The maximum atomic E-state index is 12.4. The highest BCUT2D eigenvalue weighted by molar-refractivity contribution is 7.92. The van der Waals surface area contributed by atoms with Crippen LogP contribution < -0.4 is 9.62 Å². The molecule has 7 nitrogen and oxygen atoms in total. The minimum atomic E-state index is -3.34. The molecule has 0 unspecified atom stereocenters. The highest BCUT2D eigenvalue weighted by Crippen LogP contribution is 2.18. The second kappa shape index (κ2) is 8.26. The van der Waals surface area contributed by atoms with Gasteiger partial charge in [0.1, 0.15) is 0 Å². The average molecular weight is 398 g/mol. The Morgan fingerprint density at radius 3 is 2.32 bits per heavy atom. The predicted molar refractivity (Wildman–Crippen MR) is 109 cm³/mol. The van der Waals surface area contributed by atoms with Crippen LogP contribution in [-0.2, 0) is 16.6 Å². The van der Waals surface area contributed by atoms with Crippen LogP contribution in [-0.4, -0.2) is 36.7 Å². The molecule has 0 aliphatic carbocycles. The van der Waals surface area contributed by atoms with Gasteiger partial charge in [-0.3, -0.25) is 9.10 Å². The minimum absolute atomic E-state index is 0.215. The zero-order valence-corrected chi connectivity index (χ0v) is 16.6. The molecule has 2 aromatic carbocycles. The standard InChI is InChI=1S/C20H22N4O3S/c1-3-24(28(2,26)27)19-10-6-17(7-11-19)20(25)22-14-16-4-8-18(9-5-16)23-13-12-21-15-23/h4-13,15H,3,14H2,1-2H3,(H,22,25). The fraction of sp³-hybridized carbons (Fsp3) is 0.200. The molecule has 0 atom stereocenters. The van der Waals surface area contributed by atoms with Crippen LogP contribution in [0.1, 0.15) is 22.8 Å². The number of nitrogens with zero attached hydrogens (tertiary/aromatic N) is 3. The van der Waals surface area contributed by atoms with Gasteiger partial charge in [-0.15, -0.1) is 0 Å². The van der Waals surface area contributed by atoms with Gasteiger partial charge in [0.05, 0.1) is 18.3 Å². The minimum Gasteiger partial charge on any atom is -0.348 e. The van der Waals surface area contributed by atoms with E-state index in [2.05, 4.69) is 10.3 Å². The second-order valence-electron chi connectivity index (χ2n) is 6.29. The predicted octanol–water partition coefficient (Wildman–Crippen LogP) is 2.59. The van der Waals surface area contributed by atoms with Gasteiger partial charge in [-0.1, -0.05) is 12.1 Å². The molecular formula is C20H22N4O3S. The molecule has 0 aliphatic heterocycles. The third kappa shape index (κ3) is 4.58. The number of benzene rings is 2. The Labute approximate surface area is 164 Å². The van der Waals surface area contributed by atoms with E-state index in [0.717, 1.165) is 17.5 Å². The zero-order chi connectivity index (χ0) is 20.1. The lowest BCUT2D eigenvalue weighted by molar-refractivity contribution is 0.0951. The fourth-order valence-electron chi connectivity index (χ4n) is 2.87. The molecule has 3 rings (SSSR count). The summed E-state index contributed by atoms with van der Waals surface area (Å²) in [5.74, 6) is -0.215. The summed E-state index contributed by atoms with van der Waals surface area (Å²) in [6, 6.07) is 14.3. The molecule has 0 aliphatic rings. The van der Waals surface area contributed by atoms with E-state index in [9.17, 15) is 13.2 Å². The molecule has 0 saturated carbocycles. The number of hydrogen-bond acceptors (Lipinski definition) is 4. The van der Waals surface area contributed by atoms with Crippen molar-refractivity contribution in [1.82, 2.24) is 14.9 Å². The topological polar surface area (TPSA) is 84.3 Å². The molecule has 1 amide bonds. The molecular weight excluding hydrogens is 376 g/mol. The van der Waals surface area contributed by atoms with E-state index in [1.165, 1.54) is 4.31 Å². The average Bonchev–Trinajstić information content (AvgIpc) is 3.21. The third-order valence-electron chi connectivity index (χ3n) is 4.30. The normalized spacial score (nSPS) is 11.2. The smallest absolute Gasteiger partial charge is 0.251 e. The van der Waals surface area contributed by atoms with Gasteiger partial charge in [-0.05, 0) is 48.9 Å². The van der Waals surface area contributed by atoms with Crippen molar-refractivity contribution in [2.75, 3.05) is 17.1 Å². The molecule has 1 N–H and O–H groups in total. The number of rotatable bonds is 7. The van der Waals surface area contributed by atoms with Gasteiger partial charge in [0.2, 0.25) is 10.0 Å². The van der Waals surface area contributed by atoms with E-state index in [4.69, 9.17) is 0 Å². The first-order chi connectivity index (χ1) is 13.4. The third-order valence-corrected chi connectivity index (χ3v) is 5.57. The number of carbonyl (C=O) groups is 1. The lowest BCUT2D eigenvalue weighted by Gasteiger charge is -2.20. The van der Waals surface area contributed by atoms with Crippen LogP contribution >= 0.6 is 0 Å². The van der Waals surface area contributed by atoms with Crippen LogP contribution in [0.3, 0.4) is 0 Å². The summed E-state index contributed by atoms with van der Waals surface area (Å²) < 4.78 is 26.8. The lowest BCUT2D eigenvalue weighted by Crippen LogP contribution is -2.29. The summed E-state index contributed by atoms with van der Waals surface area (Å²) in [5.41, 5.74) is 2.98. The van der Waals surface area contributed by atoms with Gasteiger partial charge in [0, 0.05) is 36.7 Å². The van der Waals surface area contributed by atoms with Crippen molar-refractivity contribution in [2.45, 2.75) is 13.5 Å². The number of nitrogens with one attached hydrogen (secondary N) is 1. The monoisotopic (exact) mass is 398 g/mol. The fourth-order valence-corrected chi connectivity index (χ4v) is 3.84. The van der Waals surface area contributed by atoms with Crippen molar-refractivity contribution < 1.29 is 13.2 Å². The number of imidazole rings is 1. The van der Waals surface area contributed by atoms with Crippen LogP contribution in [0.15, 0.2) is 67.3 Å².